The maximum absolute atomic E-state index is 12.5. The van der Waals surface area contributed by atoms with Gasteiger partial charge in [0.05, 0.1) is 11.8 Å². The lowest BCUT2D eigenvalue weighted by Gasteiger charge is -2.28. The Hall–Kier alpha value is -1.20. The molecule has 5 heteroatoms. The van der Waals surface area contributed by atoms with E-state index in [2.05, 4.69) is 22.4 Å². The van der Waals surface area contributed by atoms with E-state index in [0.29, 0.717) is 18.4 Å². The minimum absolute atomic E-state index is 0.0412. The summed E-state index contributed by atoms with van der Waals surface area (Å²) in [5, 5.41) is 3.32. The van der Waals surface area contributed by atoms with E-state index >= 15 is 0 Å². The van der Waals surface area contributed by atoms with E-state index in [1.807, 2.05) is 0 Å². The molecule has 2 amide bonds. The summed E-state index contributed by atoms with van der Waals surface area (Å²) >= 11 is 0. The number of carbonyl (C=O) groups is 2. The number of nitrogens with zero attached hydrogens (tertiary/aromatic N) is 2. The Bertz CT molecular complexity index is 440. The molecule has 4 rings (SSSR count). The minimum atomic E-state index is -0.0412. The zero-order valence-corrected chi connectivity index (χ0v) is 11.6. The Kier molecular flexibility index (Phi) is 2.93. The first-order valence-electron chi connectivity index (χ1n) is 7.72. The fourth-order valence-corrected chi connectivity index (χ4v) is 4.36. The Morgan fingerprint density at radius 2 is 1.60 bits per heavy atom. The maximum Gasteiger partial charge on any atom is 0.233 e. The van der Waals surface area contributed by atoms with Crippen molar-refractivity contribution in [2.45, 2.75) is 6.42 Å². The summed E-state index contributed by atoms with van der Waals surface area (Å²) in [6.45, 7) is 5.42. The Morgan fingerprint density at radius 1 is 1.00 bits per heavy atom. The third-order valence-electron chi connectivity index (χ3n) is 5.41. The van der Waals surface area contributed by atoms with Crippen LogP contribution in [0, 0.1) is 23.7 Å². The van der Waals surface area contributed by atoms with Crippen LogP contribution in [-0.4, -0.2) is 60.9 Å². The monoisotopic (exact) mass is 275 g/mol. The largest absolute Gasteiger partial charge is 0.314 e. The normalized spacial score (nSPS) is 39.9. The summed E-state index contributed by atoms with van der Waals surface area (Å²) in [6, 6.07) is 0. The molecule has 0 aromatic rings. The van der Waals surface area contributed by atoms with Crippen LogP contribution >= 0.6 is 0 Å². The van der Waals surface area contributed by atoms with Crippen LogP contribution < -0.4 is 5.32 Å². The third kappa shape index (κ3) is 1.76. The van der Waals surface area contributed by atoms with Crippen molar-refractivity contribution in [3.63, 3.8) is 0 Å². The van der Waals surface area contributed by atoms with Crippen molar-refractivity contribution in [2.75, 3.05) is 39.3 Å². The molecule has 0 radical (unpaired) electrons. The van der Waals surface area contributed by atoms with Gasteiger partial charge in [0.15, 0.2) is 0 Å². The summed E-state index contributed by atoms with van der Waals surface area (Å²) in [7, 11) is 0. The zero-order chi connectivity index (χ0) is 13.7. The van der Waals surface area contributed by atoms with Crippen molar-refractivity contribution in [2.24, 2.45) is 23.7 Å². The molecule has 2 saturated heterocycles. The molecule has 20 heavy (non-hydrogen) atoms. The van der Waals surface area contributed by atoms with Crippen molar-refractivity contribution < 1.29 is 9.59 Å². The molecule has 3 fully saturated rings. The van der Waals surface area contributed by atoms with Crippen molar-refractivity contribution >= 4 is 11.8 Å². The van der Waals surface area contributed by atoms with Crippen LogP contribution in [0.4, 0.5) is 0 Å². The highest BCUT2D eigenvalue weighted by Gasteiger charge is 2.58. The first kappa shape index (κ1) is 12.5. The van der Waals surface area contributed by atoms with E-state index < -0.39 is 0 Å². The summed E-state index contributed by atoms with van der Waals surface area (Å²) < 4.78 is 0. The molecule has 0 aromatic carbocycles. The van der Waals surface area contributed by atoms with Gasteiger partial charge in [0.2, 0.25) is 11.8 Å². The molecule has 1 N–H and O–H groups in total. The van der Waals surface area contributed by atoms with E-state index in [-0.39, 0.29) is 23.7 Å². The highest BCUT2D eigenvalue weighted by atomic mass is 16.2. The van der Waals surface area contributed by atoms with Crippen LogP contribution in [0.15, 0.2) is 12.2 Å². The predicted octanol–water partition coefficient (Wildman–Crippen LogP) is -0.301. The SMILES string of the molecule is O=C1[C@@H]2[C@H](C(=O)N1CCN1CCNCC1)[C@@H]1C=C[C@H]2C1. The van der Waals surface area contributed by atoms with Crippen LogP contribution in [0.2, 0.25) is 0 Å². The lowest BCUT2D eigenvalue weighted by atomic mass is 9.85. The van der Waals surface area contributed by atoms with Crippen LogP contribution in [0.1, 0.15) is 6.42 Å². The van der Waals surface area contributed by atoms with Gasteiger partial charge in [0.25, 0.3) is 0 Å². The van der Waals surface area contributed by atoms with Crippen molar-refractivity contribution in [3.05, 3.63) is 12.2 Å². The second-order valence-corrected chi connectivity index (χ2v) is 6.42. The van der Waals surface area contributed by atoms with Gasteiger partial charge in [-0.1, -0.05) is 12.2 Å². The number of hydrogen-bond acceptors (Lipinski definition) is 4. The van der Waals surface area contributed by atoms with Gasteiger partial charge in [-0.15, -0.1) is 0 Å². The number of nitrogens with one attached hydrogen (secondary N) is 1. The molecule has 2 heterocycles. The summed E-state index contributed by atoms with van der Waals surface area (Å²) in [4.78, 5) is 28.9. The van der Waals surface area contributed by atoms with Gasteiger partial charge in [-0.3, -0.25) is 19.4 Å². The topological polar surface area (TPSA) is 52.7 Å². The number of likely N-dealkylation sites (tertiary alicyclic amines) is 1. The number of imide groups is 1. The molecule has 108 valence electrons. The standard InChI is InChI=1S/C15H21N3O2/c19-14-12-10-1-2-11(9-10)13(12)15(20)18(14)8-7-17-5-3-16-4-6-17/h1-2,10-13,16H,3-9H2/t10-,11+,12-,13+. The summed E-state index contributed by atoms with van der Waals surface area (Å²) in [5.74, 6) is 0.747. The molecule has 4 atom stereocenters. The van der Waals surface area contributed by atoms with E-state index in [1.165, 1.54) is 0 Å². The number of amides is 2. The smallest absolute Gasteiger partial charge is 0.233 e. The number of piperazine rings is 1. The van der Waals surface area contributed by atoms with Crippen LogP contribution in [0.25, 0.3) is 0 Å². The van der Waals surface area contributed by atoms with Gasteiger partial charge in [-0.25, -0.2) is 0 Å². The lowest BCUT2D eigenvalue weighted by molar-refractivity contribution is -0.140. The number of fused-ring (bicyclic) bond motifs is 5. The average Bonchev–Trinajstić information content (AvgIpc) is 3.13. The van der Waals surface area contributed by atoms with Crippen molar-refractivity contribution in [3.8, 4) is 0 Å². The second kappa shape index (κ2) is 4.67. The lowest BCUT2D eigenvalue weighted by Crippen LogP contribution is -2.47. The zero-order valence-electron chi connectivity index (χ0n) is 11.6. The van der Waals surface area contributed by atoms with Crippen LogP contribution in [-0.2, 0) is 9.59 Å². The highest BCUT2D eigenvalue weighted by Crippen LogP contribution is 2.52. The van der Waals surface area contributed by atoms with Gasteiger partial charge in [-0.05, 0) is 18.3 Å². The molecule has 2 aliphatic carbocycles. The maximum atomic E-state index is 12.5. The first-order chi connectivity index (χ1) is 9.75. The van der Waals surface area contributed by atoms with Crippen molar-refractivity contribution in [1.29, 1.82) is 0 Å². The Morgan fingerprint density at radius 3 is 2.20 bits per heavy atom. The van der Waals surface area contributed by atoms with Crippen molar-refractivity contribution in [1.82, 2.24) is 15.1 Å². The molecular weight excluding hydrogens is 254 g/mol. The van der Waals surface area contributed by atoms with E-state index in [9.17, 15) is 9.59 Å². The van der Waals surface area contributed by atoms with E-state index in [1.54, 1.807) is 4.90 Å². The molecular formula is C15H21N3O2. The first-order valence-corrected chi connectivity index (χ1v) is 7.72. The number of rotatable bonds is 3. The van der Waals surface area contributed by atoms with Gasteiger partial charge < -0.3 is 5.32 Å². The molecule has 0 spiro atoms. The summed E-state index contributed by atoms with van der Waals surface area (Å²) in [5.41, 5.74) is 0. The molecule has 1 saturated carbocycles. The minimum Gasteiger partial charge on any atom is -0.314 e. The van der Waals surface area contributed by atoms with E-state index in [0.717, 1.165) is 39.1 Å². The molecule has 4 aliphatic rings. The predicted molar refractivity (Wildman–Crippen MR) is 73.7 cm³/mol. The highest BCUT2D eigenvalue weighted by molar-refractivity contribution is 6.06. The van der Waals surface area contributed by atoms with Gasteiger partial charge in [0, 0.05) is 39.3 Å². The van der Waals surface area contributed by atoms with E-state index in [4.69, 9.17) is 0 Å². The molecule has 2 bridgehead atoms. The second-order valence-electron chi connectivity index (χ2n) is 6.42. The van der Waals surface area contributed by atoms with Gasteiger partial charge in [-0.2, -0.15) is 0 Å². The Labute approximate surface area is 119 Å². The average molecular weight is 275 g/mol. The van der Waals surface area contributed by atoms with Gasteiger partial charge in [0.1, 0.15) is 0 Å². The number of allylic oxidation sites excluding steroid dienone is 2. The third-order valence-corrected chi connectivity index (χ3v) is 5.41. The molecule has 0 unspecified atom stereocenters. The summed E-state index contributed by atoms with van der Waals surface area (Å²) in [6.07, 6.45) is 5.31. The van der Waals surface area contributed by atoms with Crippen LogP contribution in [0.3, 0.4) is 0 Å². The fraction of sp³-hybridized carbons (Fsp3) is 0.733. The molecule has 5 nitrogen and oxygen atoms in total. The molecule has 0 aromatic heterocycles. The quantitative estimate of drug-likeness (QED) is 0.567. The fourth-order valence-electron chi connectivity index (χ4n) is 4.36. The van der Waals surface area contributed by atoms with Gasteiger partial charge >= 0.3 is 0 Å². The van der Waals surface area contributed by atoms with Crippen LogP contribution in [0.5, 0.6) is 0 Å². The number of carbonyl (C=O) groups excluding carboxylic acids is 2. The Balaban J connectivity index is 1.42. The number of hydrogen-bond donors (Lipinski definition) is 1. The molecule has 2 aliphatic heterocycles.